The summed E-state index contributed by atoms with van der Waals surface area (Å²) >= 11 is 0. The smallest absolute Gasteiger partial charge is 0.311 e. The summed E-state index contributed by atoms with van der Waals surface area (Å²) in [5.74, 6) is -1.41. The quantitative estimate of drug-likeness (QED) is 0.322. The maximum absolute atomic E-state index is 13.8. The van der Waals surface area contributed by atoms with E-state index in [2.05, 4.69) is 33.8 Å². The average molecular weight is 580 g/mol. The third-order valence-corrected chi connectivity index (χ3v) is 12.7. The first-order chi connectivity index (χ1) is 19.4. The number of allylic oxidation sites excluding steroid dienone is 4. The maximum atomic E-state index is 13.8. The van der Waals surface area contributed by atoms with Crippen LogP contribution in [0.5, 0.6) is 0 Å². The van der Waals surface area contributed by atoms with Crippen molar-refractivity contribution in [1.29, 1.82) is 5.26 Å². The van der Waals surface area contributed by atoms with E-state index in [1.54, 1.807) is 19.1 Å². The van der Waals surface area contributed by atoms with E-state index in [4.69, 9.17) is 9.47 Å². The van der Waals surface area contributed by atoms with Crippen molar-refractivity contribution in [3.8, 4) is 6.07 Å². The van der Waals surface area contributed by atoms with E-state index >= 15 is 0 Å². The molecule has 0 aliphatic heterocycles. The van der Waals surface area contributed by atoms with Crippen LogP contribution in [0.25, 0.3) is 0 Å². The van der Waals surface area contributed by atoms with Crippen LogP contribution < -0.4 is 0 Å². The van der Waals surface area contributed by atoms with Gasteiger partial charge in [0.1, 0.15) is 12.7 Å². The van der Waals surface area contributed by atoms with Gasteiger partial charge in [0.05, 0.1) is 23.5 Å². The molecular weight excluding hydrogens is 530 g/mol. The van der Waals surface area contributed by atoms with Crippen molar-refractivity contribution in [3.05, 3.63) is 23.3 Å². The maximum Gasteiger partial charge on any atom is 0.311 e. The fraction of sp³-hybridized carbons (Fsp3) is 0.743. The Balaban J connectivity index is 1.78. The molecule has 0 amide bonds. The molecular formula is C35H49NO6. The van der Waals surface area contributed by atoms with Crippen LogP contribution in [0.2, 0.25) is 0 Å². The van der Waals surface area contributed by atoms with Crippen LogP contribution >= 0.6 is 0 Å². The van der Waals surface area contributed by atoms with Gasteiger partial charge in [0.15, 0.2) is 11.6 Å². The van der Waals surface area contributed by atoms with Crippen molar-refractivity contribution in [3.63, 3.8) is 0 Å². The third-order valence-electron chi connectivity index (χ3n) is 12.7. The van der Waals surface area contributed by atoms with E-state index in [1.807, 2.05) is 13.8 Å². The number of ketones is 2. The Morgan fingerprint density at radius 2 is 1.62 bits per heavy atom. The summed E-state index contributed by atoms with van der Waals surface area (Å²) in [4.78, 5) is 52.5. The number of esters is 2. The minimum atomic E-state index is -1.09. The Morgan fingerprint density at radius 1 is 1.00 bits per heavy atom. The summed E-state index contributed by atoms with van der Waals surface area (Å²) in [6, 6.07) is 2.11. The topological polar surface area (TPSA) is 111 Å². The largest absolute Gasteiger partial charge is 0.469 e. The van der Waals surface area contributed by atoms with Crippen LogP contribution in [0.4, 0.5) is 0 Å². The molecule has 0 spiro atoms. The summed E-state index contributed by atoms with van der Waals surface area (Å²) < 4.78 is 10.8. The summed E-state index contributed by atoms with van der Waals surface area (Å²) in [6.07, 6.45) is 9.76. The highest BCUT2D eigenvalue weighted by Gasteiger charge is 2.66. The number of carbonyl (C=O) groups is 4. The molecule has 0 saturated heterocycles. The van der Waals surface area contributed by atoms with Gasteiger partial charge >= 0.3 is 11.9 Å². The molecule has 0 aromatic heterocycles. The lowest BCUT2D eigenvalue weighted by atomic mass is 9.38. The van der Waals surface area contributed by atoms with E-state index in [9.17, 15) is 24.4 Å². The Bertz CT molecular complexity index is 1290. The molecule has 2 unspecified atom stereocenters. The van der Waals surface area contributed by atoms with Gasteiger partial charge in [-0.2, -0.15) is 5.26 Å². The van der Waals surface area contributed by atoms with Crippen LogP contribution in [0, 0.1) is 55.7 Å². The Morgan fingerprint density at radius 3 is 2.17 bits per heavy atom. The van der Waals surface area contributed by atoms with Crippen LogP contribution in [0.1, 0.15) is 107 Å². The molecule has 6 atom stereocenters. The van der Waals surface area contributed by atoms with Crippen molar-refractivity contribution in [2.75, 3.05) is 13.7 Å². The highest BCUT2D eigenvalue weighted by atomic mass is 16.5. The molecule has 7 heteroatoms. The minimum Gasteiger partial charge on any atom is -0.469 e. The van der Waals surface area contributed by atoms with Gasteiger partial charge in [-0.25, -0.2) is 0 Å². The average Bonchev–Trinajstić information content (AvgIpc) is 2.93. The number of fused-ring (bicyclic) bond motifs is 3. The molecule has 0 radical (unpaired) electrons. The molecule has 0 bridgehead atoms. The van der Waals surface area contributed by atoms with E-state index < -0.39 is 33.0 Å². The first-order valence-corrected chi connectivity index (χ1v) is 15.5. The Labute approximate surface area is 251 Å². The molecule has 230 valence electrons. The molecule has 4 aliphatic carbocycles. The van der Waals surface area contributed by atoms with Crippen molar-refractivity contribution in [1.82, 2.24) is 0 Å². The molecule has 0 N–H and O–H groups in total. The van der Waals surface area contributed by atoms with Crippen LogP contribution in [0.3, 0.4) is 0 Å². The number of rotatable bonds is 6. The Hall–Kier alpha value is -2.75. The van der Waals surface area contributed by atoms with Gasteiger partial charge in [-0.1, -0.05) is 53.2 Å². The van der Waals surface area contributed by atoms with Gasteiger partial charge in [0.2, 0.25) is 0 Å². The summed E-state index contributed by atoms with van der Waals surface area (Å²) in [7, 11) is 1.47. The normalized spacial score (nSPS) is 38.7. The standard InChI is InChI=1S/C35H49NO6/c1-22-25(38)18-27-31(5)19-24(20-36)28(39)32(6,21-42-23(2)37)26(31)10-11-34(27,8)33(22,7)14-17-35(29(40)41-9)15-12-30(3,4)13-16-35/h18-19,22,26H,10-17,21H2,1-9H3/t22?,26?,31-,32-,33+,34+/m0/s1. The predicted octanol–water partition coefficient (Wildman–Crippen LogP) is 6.70. The zero-order chi connectivity index (χ0) is 31.5. The molecule has 7 nitrogen and oxygen atoms in total. The fourth-order valence-electron chi connectivity index (χ4n) is 9.28. The summed E-state index contributed by atoms with van der Waals surface area (Å²) in [5.41, 5.74) is -2.11. The molecule has 0 aromatic rings. The molecule has 2 fully saturated rings. The molecule has 4 rings (SSSR count). The van der Waals surface area contributed by atoms with E-state index in [-0.39, 0.29) is 47.0 Å². The number of methoxy groups -OCH3 is 1. The number of Topliss-reactive ketones (excluding diaryl/α,β-unsaturated/α-hetero) is 1. The van der Waals surface area contributed by atoms with Crippen molar-refractivity contribution < 1.29 is 28.7 Å². The molecule has 2 saturated carbocycles. The van der Waals surface area contributed by atoms with E-state index in [0.29, 0.717) is 19.3 Å². The molecule has 4 aliphatic rings. The second-order valence-corrected chi connectivity index (χ2v) is 15.4. The SMILES string of the molecule is COC(=O)C1(CC[C@]2(C)C(C)C(=O)C=C3[C@@]4(C)C=C(C#N)C(=O)[C@@](C)(COC(C)=O)C4CC[C@]32C)CCC(C)(C)CC1. The lowest BCUT2D eigenvalue weighted by molar-refractivity contribution is -0.159. The number of hydrogen-bond acceptors (Lipinski definition) is 7. The second-order valence-electron chi connectivity index (χ2n) is 15.4. The van der Waals surface area contributed by atoms with Gasteiger partial charge in [-0.05, 0) is 86.5 Å². The first kappa shape index (κ1) is 32.2. The molecule has 0 aromatic carbocycles. The van der Waals surface area contributed by atoms with Gasteiger partial charge in [-0.15, -0.1) is 0 Å². The van der Waals surface area contributed by atoms with Crippen molar-refractivity contribution in [2.24, 2.45) is 44.3 Å². The highest BCUT2D eigenvalue weighted by molar-refractivity contribution is 6.05. The number of hydrogen-bond donors (Lipinski definition) is 0. The van der Waals surface area contributed by atoms with E-state index in [0.717, 1.165) is 37.7 Å². The third kappa shape index (κ3) is 4.68. The van der Waals surface area contributed by atoms with Gasteiger partial charge in [0, 0.05) is 18.3 Å². The minimum absolute atomic E-state index is 0.0363. The summed E-state index contributed by atoms with van der Waals surface area (Å²) in [6.45, 7) is 16.0. The zero-order valence-electron chi connectivity index (χ0n) is 27.1. The van der Waals surface area contributed by atoms with Gasteiger partial charge in [0.25, 0.3) is 0 Å². The second kappa shape index (κ2) is 10.5. The van der Waals surface area contributed by atoms with Crippen molar-refractivity contribution >= 4 is 23.5 Å². The monoisotopic (exact) mass is 579 g/mol. The van der Waals surface area contributed by atoms with Gasteiger partial charge < -0.3 is 9.47 Å². The van der Waals surface area contributed by atoms with Gasteiger partial charge in [-0.3, -0.25) is 19.2 Å². The van der Waals surface area contributed by atoms with E-state index in [1.165, 1.54) is 14.0 Å². The lowest BCUT2D eigenvalue weighted by Gasteiger charge is -2.64. The molecule has 0 heterocycles. The number of nitriles is 1. The first-order valence-electron chi connectivity index (χ1n) is 15.5. The Kier molecular flexibility index (Phi) is 8.01. The number of carbonyl (C=O) groups excluding carboxylic acids is 4. The number of ether oxygens (including phenoxy) is 2. The summed E-state index contributed by atoms with van der Waals surface area (Å²) in [5, 5.41) is 10.0. The number of nitrogens with zero attached hydrogens (tertiary/aromatic N) is 1. The fourth-order valence-corrected chi connectivity index (χ4v) is 9.28. The highest BCUT2D eigenvalue weighted by Crippen LogP contribution is 2.70. The van der Waals surface area contributed by atoms with Crippen LogP contribution in [-0.2, 0) is 28.7 Å². The lowest BCUT2D eigenvalue weighted by Crippen LogP contribution is -2.61. The molecule has 42 heavy (non-hydrogen) atoms. The zero-order valence-corrected chi connectivity index (χ0v) is 27.1. The predicted molar refractivity (Wildman–Crippen MR) is 159 cm³/mol. The van der Waals surface area contributed by atoms with Crippen molar-refractivity contribution in [2.45, 2.75) is 107 Å². The van der Waals surface area contributed by atoms with Crippen LogP contribution in [0.15, 0.2) is 23.3 Å². The van der Waals surface area contributed by atoms with Crippen LogP contribution in [-0.4, -0.2) is 37.2 Å².